The van der Waals surface area contributed by atoms with Gasteiger partial charge in [0.05, 0.1) is 16.7 Å². The maximum absolute atomic E-state index is 12.9. The highest BCUT2D eigenvalue weighted by Crippen LogP contribution is 2.22. The molecule has 0 saturated heterocycles. The van der Waals surface area contributed by atoms with Crippen LogP contribution in [0.2, 0.25) is 10.0 Å². The Balaban J connectivity index is 1.95. The van der Waals surface area contributed by atoms with E-state index in [0.717, 1.165) is 0 Å². The van der Waals surface area contributed by atoms with Gasteiger partial charge in [0.25, 0.3) is 5.56 Å². The van der Waals surface area contributed by atoms with Crippen LogP contribution in [0, 0.1) is 5.92 Å². The first kappa shape index (κ1) is 19.9. The van der Waals surface area contributed by atoms with Crippen LogP contribution < -0.4 is 5.56 Å². The second-order valence-corrected chi connectivity index (χ2v) is 8.40. The molecule has 0 aliphatic carbocycles. The van der Waals surface area contributed by atoms with Crippen LogP contribution in [0.4, 0.5) is 0 Å². The summed E-state index contributed by atoms with van der Waals surface area (Å²) in [4.78, 5) is 30.0. The highest BCUT2D eigenvalue weighted by molar-refractivity contribution is 7.99. The zero-order chi connectivity index (χ0) is 19.6. The van der Waals surface area contributed by atoms with Crippen molar-refractivity contribution in [1.82, 2.24) is 9.55 Å². The van der Waals surface area contributed by atoms with Crippen LogP contribution in [-0.2, 0) is 6.54 Å². The number of nitrogens with zero attached hydrogens (tertiary/aromatic N) is 2. The number of hydrogen-bond acceptors (Lipinski definition) is 4. The average molecular weight is 421 g/mol. The summed E-state index contributed by atoms with van der Waals surface area (Å²) in [6, 6.07) is 11.8. The molecular weight excluding hydrogens is 403 g/mol. The van der Waals surface area contributed by atoms with Crippen LogP contribution in [0.3, 0.4) is 0 Å². The summed E-state index contributed by atoms with van der Waals surface area (Å²) < 4.78 is 1.64. The molecule has 7 heteroatoms. The molecule has 0 aliphatic heterocycles. The normalized spacial score (nSPS) is 11.3. The lowest BCUT2D eigenvalue weighted by Crippen LogP contribution is -2.25. The van der Waals surface area contributed by atoms with Crippen molar-refractivity contribution in [2.75, 3.05) is 5.75 Å². The quantitative estimate of drug-likeness (QED) is 0.307. The smallest absolute Gasteiger partial charge is 0.262 e. The fourth-order valence-electron chi connectivity index (χ4n) is 2.66. The predicted octanol–water partition coefficient (Wildman–Crippen LogP) is 5.33. The molecule has 0 saturated carbocycles. The summed E-state index contributed by atoms with van der Waals surface area (Å²) >= 11 is 13.2. The highest BCUT2D eigenvalue weighted by Gasteiger charge is 2.15. The fraction of sp³-hybridized carbons (Fsp3) is 0.250. The van der Waals surface area contributed by atoms with Gasteiger partial charge in [0.1, 0.15) is 0 Å². The van der Waals surface area contributed by atoms with Gasteiger partial charge >= 0.3 is 0 Å². The van der Waals surface area contributed by atoms with Gasteiger partial charge in [-0.15, -0.1) is 0 Å². The molecule has 0 radical (unpaired) electrons. The third kappa shape index (κ3) is 4.72. The van der Waals surface area contributed by atoms with E-state index in [4.69, 9.17) is 23.2 Å². The Morgan fingerprint density at radius 3 is 2.44 bits per heavy atom. The summed E-state index contributed by atoms with van der Waals surface area (Å²) in [5.74, 6) is 0.395. The number of carbonyl (C=O) groups is 1. The van der Waals surface area contributed by atoms with Crippen LogP contribution in [0.5, 0.6) is 0 Å². The predicted molar refractivity (Wildman–Crippen MR) is 112 cm³/mol. The number of carbonyl (C=O) groups excluding carboxylic acids is 1. The summed E-state index contributed by atoms with van der Waals surface area (Å²) in [7, 11) is 0. The van der Waals surface area contributed by atoms with Crippen LogP contribution in [-0.4, -0.2) is 21.1 Å². The fourth-order valence-corrected chi connectivity index (χ4v) is 3.85. The molecule has 1 aromatic heterocycles. The molecule has 2 aromatic carbocycles. The van der Waals surface area contributed by atoms with E-state index in [1.165, 1.54) is 11.8 Å². The third-order valence-electron chi connectivity index (χ3n) is 3.93. The number of halogens is 2. The molecule has 0 N–H and O–H groups in total. The van der Waals surface area contributed by atoms with Crippen molar-refractivity contribution in [3.05, 3.63) is 68.4 Å². The maximum Gasteiger partial charge on any atom is 0.262 e. The molecule has 0 atom stereocenters. The Hall–Kier alpha value is -1.82. The Bertz CT molecular complexity index is 1050. The summed E-state index contributed by atoms with van der Waals surface area (Å²) in [5, 5.41) is 2.14. The minimum Gasteiger partial charge on any atom is -0.293 e. The van der Waals surface area contributed by atoms with Crippen molar-refractivity contribution in [2.45, 2.75) is 25.5 Å². The number of fused-ring (bicyclic) bond motifs is 1. The number of Topliss-reactive ketones (excluding diaryl/α,β-unsaturated/α-hetero) is 1. The van der Waals surface area contributed by atoms with Crippen molar-refractivity contribution in [3.63, 3.8) is 0 Å². The Morgan fingerprint density at radius 1 is 1.11 bits per heavy atom. The standard InChI is InChI=1S/C20H18Cl2N2O2S/c1-12(2)10-24-19(26)16-8-7-15(22)9-17(16)23-20(24)27-11-18(25)13-3-5-14(21)6-4-13/h3-9,12H,10-11H2,1-2H3. The lowest BCUT2D eigenvalue weighted by molar-refractivity contribution is 0.102. The van der Waals surface area contributed by atoms with Crippen molar-refractivity contribution in [1.29, 1.82) is 0 Å². The molecule has 0 unspecified atom stereocenters. The monoisotopic (exact) mass is 420 g/mol. The van der Waals surface area contributed by atoms with Crippen molar-refractivity contribution >= 4 is 51.6 Å². The van der Waals surface area contributed by atoms with E-state index in [2.05, 4.69) is 4.98 Å². The van der Waals surface area contributed by atoms with Gasteiger partial charge in [0.15, 0.2) is 10.9 Å². The molecule has 27 heavy (non-hydrogen) atoms. The number of hydrogen-bond donors (Lipinski definition) is 0. The van der Waals surface area contributed by atoms with Gasteiger partial charge in [0.2, 0.25) is 0 Å². The van der Waals surface area contributed by atoms with Gasteiger partial charge in [0, 0.05) is 22.2 Å². The lowest BCUT2D eigenvalue weighted by Gasteiger charge is -2.15. The zero-order valence-corrected chi connectivity index (χ0v) is 17.2. The van der Waals surface area contributed by atoms with Crippen molar-refractivity contribution in [3.8, 4) is 0 Å². The number of benzene rings is 2. The van der Waals surface area contributed by atoms with E-state index in [0.29, 0.717) is 38.2 Å². The summed E-state index contributed by atoms with van der Waals surface area (Å²) in [5.41, 5.74) is 0.995. The van der Waals surface area contributed by atoms with Gasteiger partial charge in [-0.2, -0.15) is 0 Å². The molecule has 0 amide bonds. The van der Waals surface area contributed by atoms with Crippen LogP contribution >= 0.6 is 35.0 Å². The molecular formula is C20H18Cl2N2O2S. The maximum atomic E-state index is 12.9. The molecule has 140 valence electrons. The molecule has 1 heterocycles. The molecule has 3 aromatic rings. The first-order valence-corrected chi connectivity index (χ1v) is 10.2. The van der Waals surface area contributed by atoms with E-state index >= 15 is 0 Å². The van der Waals surface area contributed by atoms with Gasteiger partial charge < -0.3 is 0 Å². The molecule has 3 rings (SSSR count). The summed E-state index contributed by atoms with van der Waals surface area (Å²) in [6.45, 7) is 4.60. The molecule has 0 fully saturated rings. The van der Waals surface area contributed by atoms with E-state index in [1.54, 1.807) is 47.0 Å². The average Bonchev–Trinajstić information content (AvgIpc) is 2.62. The first-order valence-electron chi connectivity index (χ1n) is 8.47. The zero-order valence-electron chi connectivity index (χ0n) is 14.9. The molecule has 0 spiro atoms. The first-order chi connectivity index (χ1) is 12.8. The minimum absolute atomic E-state index is 0.0480. The van der Waals surface area contributed by atoms with Gasteiger partial charge in [-0.1, -0.05) is 48.8 Å². The molecule has 0 bridgehead atoms. The third-order valence-corrected chi connectivity index (χ3v) is 5.39. The van der Waals surface area contributed by atoms with Crippen molar-refractivity contribution < 1.29 is 4.79 Å². The topological polar surface area (TPSA) is 52.0 Å². The largest absolute Gasteiger partial charge is 0.293 e. The lowest BCUT2D eigenvalue weighted by atomic mass is 10.1. The second kappa shape index (κ2) is 8.46. The van der Waals surface area contributed by atoms with Crippen LogP contribution in [0.15, 0.2) is 52.4 Å². The number of ketones is 1. The molecule has 4 nitrogen and oxygen atoms in total. The highest BCUT2D eigenvalue weighted by atomic mass is 35.5. The number of aromatic nitrogens is 2. The van der Waals surface area contributed by atoms with E-state index in [9.17, 15) is 9.59 Å². The van der Waals surface area contributed by atoms with Crippen LogP contribution in [0.1, 0.15) is 24.2 Å². The van der Waals surface area contributed by atoms with Gasteiger partial charge in [-0.3, -0.25) is 14.2 Å². The molecule has 0 aliphatic rings. The number of rotatable bonds is 6. The van der Waals surface area contributed by atoms with E-state index in [-0.39, 0.29) is 23.0 Å². The van der Waals surface area contributed by atoms with Crippen LogP contribution in [0.25, 0.3) is 10.9 Å². The Morgan fingerprint density at radius 2 is 1.78 bits per heavy atom. The SMILES string of the molecule is CC(C)Cn1c(SCC(=O)c2ccc(Cl)cc2)nc2cc(Cl)ccc2c1=O. The minimum atomic E-state index is -0.119. The number of thioether (sulfide) groups is 1. The second-order valence-electron chi connectivity index (χ2n) is 6.58. The van der Waals surface area contributed by atoms with Gasteiger partial charge in [-0.05, 0) is 48.4 Å². The Kier molecular flexibility index (Phi) is 6.25. The summed E-state index contributed by atoms with van der Waals surface area (Å²) in [6.07, 6.45) is 0. The Labute approximate surface area is 171 Å². The van der Waals surface area contributed by atoms with E-state index in [1.807, 2.05) is 13.8 Å². The van der Waals surface area contributed by atoms with Gasteiger partial charge in [-0.25, -0.2) is 4.98 Å². The van der Waals surface area contributed by atoms with E-state index < -0.39 is 0 Å². The van der Waals surface area contributed by atoms with Crippen molar-refractivity contribution in [2.24, 2.45) is 5.92 Å².